The number of hydrogen-bond acceptors (Lipinski definition) is 12. The van der Waals surface area contributed by atoms with Gasteiger partial charge in [-0.2, -0.15) is 5.10 Å². The zero-order valence-corrected chi connectivity index (χ0v) is 31.5. The molecule has 0 aliphatic carbocycles. The first kappa shape index (κ1) is 35.2. The van der Waals surface area contributed by atoms with Crippen molar-refractivity contribution in [1.82, 2.24) is 30.1 Å². The lowest BCUT2D eigenvalue weighted by atomic mass is 10.0. The molecule has 2 aromatic heterocycles. The Kier molecular flexibility index (Phi) is 9.56. The molecule has 284 valence electrons. The Morgan fingerprint density at radius 1 is 0.964 bits per heavy atom. The highest BCUT2D eigenvalue weighted by Crippen LogP contribution is 2.37. The third kappa shape index (κ3) is 7.21. The van der Waals surface area contributed by atoms with Crippen molar-refractivity contribution in [2.24, 2.45) is 5.92 Å². The molecule has 3 fully saturated rings. The first-order valence-electron chi connectivity index (χ1n) is 18.8. The van der Waals surface area contributed by atoms with Gasteiger partial charge >= 0.3 is 0 Å². The van der Waals surface area contributed by atoms with Gasteiger partial charge in [-0.25, -0.2) is 0 Å². The van der Waals surface area contributed by atoms with Gasteiger partial charge in [-0.1, -0.05) is 11.2 Å². The molecule has 4 aliphatic rings. The van der Waals surface area contributed by atoms with E-state index in [1.165, 1.54) is 17.6 Å². The van der Waals surface area contributed by atoms with Crippen molar-refractivity contribution in [2.45, 2.75) is 43.3 Å². The molecule has 0 saturated carbocycles. The van der Waals surface area contributed by atoms with Gasteiger partial charge in [0.25, 0.3) is 5.91 Å². The van der Waals surface area contributed by atoms with Gasteiger partial charge in [0.2, 0.25) is 11.8 Å². The normalized spacial score (nSPS) is 20.4. The Bertz CT molecular complexity index is 2230. The minimum absolute atomic E-state index is 0.130. The fraction of sp³-hybridized carbons (Fsp3) is 0.375. The van der Waals surface area contributed by atoms with Crippen LogP contribution in [0.15, 0.2) is 82.5 Å². The van der Waals surface area contributed by atoms with Crippen LogP contribution in [0.1, 0.15) is 40.7 Å². The van der Waals surface area contributed by atoms with E-state index in [4.69, 9.17) is 9.26 Å². The Labute approximate surface area is 322 Å². The van der Waals surface area contributed by atoms with Crippen LogP contribution < -0.4 is 24.6 Å². The van der Waals surface area contributed by atoms with Crippen LogP contribution in [0.5, 0.6) is 5.75 Å². The van der Waals surface area contributed by atoms with E-state index in [-0.39, 0.29) is 24.1 Å². The Hall–Kier alpha value is -5.54. The third-order valence-electron chi connectivity index (χ3n) is 11.2. The highest BCUT2D eigenvalue weighted by Gasteiger charge is 2.39. The molecule has 9 rings (SSSR count). The van der Waals surface area contributed by atoms with Crippen molar-refractivity contribution in [3.8, 4) is 5.75 Å². The largest absolute Gasteiger partial charge is 0.496 e. The number of piperazine rings is 1. The summed E-state index contributed by atoms with van der Waals surface area (Å²) in [6, 6.07) is 19.9. The molecule has 0 radical (unpaired) electrons. The van der Waals surface area contributed by atoms with Crippen LogP contribution in [-0.2, 0) is 22.7 Å². The number of nitrogens with one attached hydrogen (secondary N) is 2. The maximum Gasteiger partial charge on any atom is 0.255 e. The molecule has 3 aromatic carbocycles. The number of piperidine rings is 1. The topological polar surface area (TPSA) is 141 Å². The van der Waals surface area contributed by atoms with Crippen LogP contribution >= 0.6 is 11.9 Å². The number of amides is 3. The number of ether oxygens (including phenoxy) is 1. The van der Waals surface area contributed by atoms with E-state index < -0.39 is 6.04 Å². The number of nitrogens with zero attached hydrogens (tertiary/aromatic N) is 7. The second-order valence-electron chi connectivity index (χ2n) is 14.7. The lowest BCUT2D eigenvalue weighted by molar-refractivity contribution is -0.136. The van der Waals surface area contributed by atoms with Crippen molar-refractivity contribution in [3.05, 3.63) is 89.7 Å². The molecule has 0 spiro atoms. The second-order valence-corrected chi connectivity index (χ2v) is 15.6. The molecule has 4 aliphatic heterocycles. The number of imide groups is 1. The van der Waals surface area contributed by atoms with Gasteiger partial charge in [0, 0.05) is 93.0 Å². The molecule has 2 atom stereocenters. The average Bonchev–Trinajstić information content (AvgIpc) is 4.02. The Balaban J connectivity index is 0.764. The highest BCUT2D eigenvalue weighted by atomic mass is 32.2. The van der Waals surface area contributed by atoms with Gasteiger partial charge < -0.3 is 28.7 Å². The number of hydrogen-bond donors (Lipinski definition) is 2. The van der Waals surface area contributed by atoms with Crippen molar-refractivity contribution in [2.75, 3.05) is 67.4 Å². The van der Waals surface area contributed by atoms with E-state index in [1.54, 1.807) is 18.2 Å². The number of rotatable bonds is 11. The summed E-state index contributed by atoms with van der Waals surface area (Å²) < 4.78 is 16.7. The molecule has 2 N–H and O–H groups in total. The summed E-state index contributed by atoms with van der Waals surface area (Å²) >= 11 is 1.50. The summed E-state index contributed by atoms with van der Waals surface area (Å²) in [5.41, 5.74) is 5.61. The smallest absolute Gasteiger partial charge is 0.255 e. The van der Waals surface area contributed by atoms with E-state index in [9.17, 15) is 14.4 Å². The maximum atomic E-state index is 13.2. The lowest BCUT2D eigenvalue weighted by Gasteiger charge is -2.37. The minimum Gasteiger partial charge on any atom is -0.496 e. The van der Waals surface area contributed by atoms with E-state index in [2.05, 4.69) is 65.3 Å². The monoisotopic (exact) mass is 761 g/mol. The van der Waals surface area contributed by atoms with Gasteiger partial charge in [-0.05, 0) is 96.4 Å². The molecule has 14 nitrogen and oxygen atoms in total. The summed E-state index contributed by atoms with van der Waals surface area (Å²) in [4.78, 5) is 47.4. The average molecular weight is 762 g/mol. The quantitative estimate of drug-likeness (QED) is 0.144. The van der Waals surface area contributed by atoms with Crippen LogP contribution in [-0.4, -0.2) is 101 Å². The molecule has 0 bridgehead atoms. The number of anilines is 3. The van der Waals surface area contributed by atoms with E-state index in [0.717, 1.165) is 79.3 Å². The fourth-order valence-corrected chi connectivity index (χ4v) is 9.05. The molecule has 2 unspecified atom stereocenters. The fourth-order valence-electron chi connectivity index (χ4n) is 8.37. The molecule has 5 aromatic rings. The van der Waals surface area contributed by atoms with Crippen LogP contribution in [0.3, 0.4) is 0 Å². The van der Waals surface area contributed by atoms with Crippen LogP contribution in [0.2, 0.25) is 0 Å². The third-order valence-corrected chi connectivity index (χ3v) is 12.0. The van der Waals surface area contributed by atoms with Crippen molar-refractivity contribution in [3.63, 3.8) is 0 Å². The van der Waals surface area contributed by atoms with E-state index in [1.807, 2.05) is 41.2 Å². The summed E-state index contributed by atoms with van der Waals surface area (Å²) in [5, 5.41) is 11.8. The zero-order valence-electron chi connectivity index (χ0n) is 30.6. The second kappa shape index (κ2) is 14.9. The molecule has 15 heteroatoms. The van der Waals surface area contributed by atoms with Gasteiger partial charge in [0.1, 0.15) is 17.2 Å². The molecule has 3 saturated heterocycles. The van der Waals surface area contributed by atoms with Gasteiger partial charge in [0.05, 0.1) is 13.7 Å². The number of carbonyl (C=O) groups excluding carboxylic acids is 3. The van der Waals surface area contributed by atoms with Gasteiger partial charge in [-0.3, -0.25) is 29.3 Å². The molecular formula is C40H43N9O5S. The number of fused-ring (bicyclic) bond motifs is 2. The lowest BCUT2D eigenvalue weighted by Crippen LogP contribution is -2.52. The maximum absolute atomic E-state index is 13.2. The summed E-state index contributed by atoms with van der Waals surface area (Å²) in [6.07, 6.45) is 5.44. The SMILES string of the molecule is COc1cc(Cn2cccn2)cc2onc(NSc3cccc(N4CCN(CC5CCN(c6ccc7c(c6)CN(C6CCC(=O)NC6=O)C7=O)C5)CC4)c3)c12. The van der Waals surface area contributed by atoms with Gasteiger partial charge in [0.15, 0.2) is 11.4 Å². The molecule has 55 heavy (non-hydrogen) atoms. The number of carbonyl (C=O) groups is 3. The number of aromatic nitrogens is 3. The van der Waals surface area contributed by atoms with Gasteiger partial charge in [-0.15, -0.1) is 0 Å². The first-order chi connectivity index (χ1) is 26.9. The van der Waals surface area contributed by atoms with Crippen LogP contribution in [0, 0.1) is 5.92 Å². The summed E-state index contributed by atoms with van der Waals surface area (Å²) in [5.74, 6) is 1.11. The van der Waals surface area contributed by atoms with Crippen LogP contribution in [0.25, 0.3) is 11.0 Å². The molecule has 6 heterocycles. The van der Waals surface area contributed by atoms with Crippen LogP contribution in [0.4, 0.5) is 17.2 Å². The number of methoxy groups -OCH3 is 1. The van der Waals surface area contributed by atoms with Crippen molar-refractivity contribution < 1.29 is 23.6 Å². The minimum atomic E-state index is -0.595. The number of benzene rings is 3. The Morgan fingerprint density at radius 3 is 2.65 bits per heavy atom. The van der Waals surface area contributed by atoms with E-state index in [0.29, 0.717) is 48.1 Å². The standard InChI is InChI=1S/C40H43N9O5S/c1-53-34-18-27(24-48-12-3-11-41-48)19-35-37(34)38(43-54-35)44-55-31-5-2-4-29(21-31)46-16-14-45(15-17-46)22-26-10-13-47(23-26)30-6-7-32-28(20-30)25-49(40(32)52)33-8-9-36(50)42-39(33)51/h2-7,11-12,18-21,26,33H,8-10,13-17,22-25H2,1H3,(H,43,44)(H,42,50,51). The van der Waals surface area contributed by atoms with Crippen molar-refractivity contribution >= 4 is 57.8 Å². The predicted octanol–water partition coefficient (Wildman–Crippen LogP) is 4.61. The van der Waals surface area contributed by atoms with E-state index >= 15 is 0 Å². The summed E-state index contributed by atoms with van der Waals surface area (Å²) in [7, 11) is 1.66. The Morgan fingerprint density at radius 2 is 1.84 bits per heavy atom. The molecule has 3 amide bonds. The van der Waals surface area contributed by atoms with Crippen molar-refractivity contribution in [1.29, 1.82) is 0 Å². The highest BCUT2D eigenvalue weighted by molar-refractivity contribution is 8.00. The summed E-state index contributed by atoms with van der Waals surface area (Å²) in [6.45, 7) is 7.99. The first-order valence-corrected chi connectivity index (χ1v) is 19.7. The zero-order chi connectivity index (χ0) is 37.5. The predicted molar refractivity (Wildman–Crippen MR) is 209 cm³/mol. The molecular weight excluding hydrogens is 719 g/mol.